The fourth-order valence-electron chi connectivity index (χ4n) is 1.74. The molecular weight excluding hydrogens is 238 g/mol. The van der Waals surface area contributed by atoms with E-state index >= 15 is 0 Å². The van der Waals surface area contributed by atoms with Crippen molar-refractivity contribution < 1.29 is 0 Å². The molecule has 2 atom stereocenters. The van der Waals surface area contributed by atoms with Gasteiger partial charge in [0, 0.05) is 16.7 Å². The number of hydrogen-bond acceptors (Lipinski definition) is 2. The smallest absolute Gasteiger partial charge is 0.0541 e. The molecule has 0 heterocycles. The van der Waals surface area contributed by atoms with Crippen LogP contribution in [0.15, 0.2) is 29.2 Å². The number of halogens is 1. The number of benzene rings is 1. The normalized spacial score (nSPS) is 14.8. The Hall–Kier alpha value is -0.180. The monoisotopic (exact) mass is 257 g/mol. The fourth-order valence-corrected chi connectivity index (χ4v) is 3.14. The van der Waals surface area contributed by atoms with Crippen LogP contribution in [0.4, 0.5) is 0 Å². The Morgan fingerprint density at radius 1 is 1.38 bits per heavy atom. The first-order valence-electron chi connectivity index (χ1n) is 5.80. The molecule has 1 rings (SSSR count). The molecule has 0 amide bonds. The number of hydrogen-bond donors (Lipinski definition) is 1. The van der Waals surface area contributed by atoms with Gasteiger partial charge in [0.05, 0.1) is 5.02 Å². The molecule has 3 heteroatoms. The molecule has 0 saturated heterocycles. The van der Waals surface area contributed by atoms with Crippen molar-refractivity contribution in [3.8, 4) is 0 Å². The van der Waals surface area contributed by atoms with Gasteiger partial charge in [-0.15, -0.1) is 11.8 Å². The van der Waals surface area contributed by atoms with Crippen molar-refractivity contribution in [1.29, 1.82) is 0 Å². The minimum Gasteiger partial charge on any atom is -0.329 e. The van der Waals surface area contributed by atoms with Crippen LogP contribution in [-0.2, 0) is 0 Å². The zero-order valence-electron chi connectivity index (χ0n) is 9.95. The van der Waals surface area contributed by atoms with Crippen LogP contribution in [-0.4, -0.2) is 11.8 Å². The van der Waals surface area contributed by atoms with Crippen molar-refractivity contribution in [2.45, 2.75) is 36.8 Å². The summed E-state index contributed by atoms with van der Waals surface area (Å²) in [5.41, 5.74) is 5.84. The summed E-state index contributed by atoms with van der Waals surface area (Å²) in [4.78, 5) is 1.14. The Labute approximate surface area is 108 Å². The first-order chi connectivity index (χ1) is 7.69. The molecule has 0 radical (unpaired) electrons. The summed E-state index contributed by atoms with van der Waals surface area (Å²) in [7, 11) is 0. The highest BCUT2D eigenvalue weighted by molar-refractivity contribution is 8.00. The minimum atomic E-state index is 0.458. The Kier molecular flexibility index (Phi) is 6.25. The lowest BCUT2D eigenvalue weighted by atomic mass is 10.0. The van der Waals surface area contributed by atoms with Crippen LogP contribution >= 0.6 is 23.4 Å². The summed E-state index contributed by atoms with van der Waals surface area (Å²) in [6, 6.07) is 7.97. The molecule has 1 aromatic rings. The van der Waals surface area contributed by atoms with Gasteiger partial charge in [0.25, 0.3) is 0 Å². The molecule has 90 valence electrons. The fraction of sp³-hybridized carbons (Fsp3) is 0.538. The van der Waals surface area contributed by atoms with Gasteiger partial charge in [-0.2, -0.15) is 0 Å². The quantitative estimate of drug-likeness (QED) is 0.773. The van der Waals surface area contributed by atoms with Gasteiger partial charge in [-0.3, -0.25) is 0 Å². The highest BCUT2D eigenvalue weighted by Crippen LogP contribution is 2.33. The zero-order chi connectivity index (χ0) is 12.0. The summed E-state index contributed by atoms with van der Waals surface area (Å²) in [6.45, 7) is 5.19. The van der Waals surface area contributed by atoms with Gasteiger partial charge in [0.15, 0.2) is 0 Å². The van der Waals surface area contributed by atoms with E-state index in [4.69, 9.17) is 17.3 Å². The molecule has 16 heavy (non-hydrogen) atoms. The predicted molar refractivity (Wildman–Crippen MR) is 74.2 cm³/mol. The summed E-state index contributed by atoms with van der Waals surface area (Å²) < 4.78 is 0. The van der Waals surface area contributed by atoms with Crippen LogP contribution in [0.2, 0.25) is 5.02 Å². The van der Waals surface area contributed by atoms with Crippen molar-refractivity contribution in [3.63, 3.8) is 0 Å². The SMILES string of the molecule is CCCC(C)C(CN)Sc1ccccc1Cl. The van der Waals surface area contributed by atoms with Crippen LogP contribution in [0.1, 0.15) is 26.7 Å². The average molecular weight is 258 g/mol. The van der Waals surface area contributed by atoms with E-state index in [1.54, 1.807) is 11.8 Å². The zero-order valence-corrected chi connectivity index (χ0v) is 11.5. The van der Waals surface area contributed by atoms with E-state index in [0.717, 1.165) is 9.92 Å². The van der Waals surface area contributed by atoms with Crippen molar-refractivity contribution in [1.82, 2.24) is 0 Å². The Morgan fingerprint density at radius 3 is 2.62 bits per heavy atom. The van der Waals surface area contributed by atoms with Crippen LogP contribution in [0, 0.1) is 5.92 Å². The second-order valence-electron chi connectivity index (χ2n) is 4.09. The lowest BCUT2D eigenvalue weighted by molar-refractivity contribution is 0.505. The highest BCUT2D eigenvalue weighted by atomic mass is 35.5. The average Bonchev–Trinajstić information content (AvgIpc) is 2.28. The van der Waals surface area contributed by atoms with Crippen molar-refractivity contribution in [2.75, 3.05) is 6.54 Å². The molecule has 1 nitrogen and oxygen atoms in total. The molecule has 1 aromatic carbocycles. The van der Waals surface area contributed by atoms with Gasteiger partial charge in [0.2, 0.25) is 0 Å². The van der Waals surface area contributed by atoms with Gasteiger partial charge in [-0.05, 0) is 24.5 Å². The Bertz CT molecular complexity index is 317. The highest BCUT2D eigenvalue weighted by Gasteiger charge is 2.17. The predicted octanol–water partition coefficient (Wildman–Crippen LogP) is 4.20. The summed E-state index contributed by atoms with van der Waals surface area (Å²) in [6.07, 6.45) is 2.43. The van der Waals surface area contributed by atoms with E-state index in [9.17, 15) is 0 Å². The number of thioether (sulfide) groups is 1. The third kappa shape index (κ3) is 4.00. The van der Waals surface area contributed by atoms with E-state index < -0.39 is 0 Å². The summed E-state index contributed by atoms with van der Waals surface area (Å²) in [5, 5.41) is 1.29. The molecule has 0 aromatic heterocycles. The molecule has 2 N–H and O–H groups in total. The molecule has 0 bridgehead atoms. The molecule has 0 aliphatic rings. The molecule has 0 saturated carbocycles. The summed E-state index contributed by atoms with van der Waals surface area (Å²) in [5.74, 6) is 0.635. The third-order valence-corrected chi connectivity index (χ3v) is 4.74. The molecular formula is C13H20ClNS. The molecule has 0 aliphatic carbocycles. The second-order valence-corrected chi connectivity index (χ2v) is 5.78. The van der Waals surface area contributed by atoms with Crippen molar-refractivity contribution in [3.05, 3.63) is 29.3 Å². The Balaban J connectivity index is 2.66. The van der Waals surface area contributed by atoms with Gasteiger partial charge >= 0.3 is 0 Å². The van der Waals surface area contributed by atoms with Crippen molar-refractivity contribution >= 4 is 23.4 Å². The molecule has 0 aliphatic heterocycles. The van der Waals surface area contributed by atoms with Gasteiger partial charge in [-0.25, -0.2) is 0 Å². The maximum absolute atomic E-state index is 6.15. The van der Waals surface area contributed by atoms with Gasteiger partial charge in [-0.1, -0.05) is 44.0 Å². The van der Waals surface area contributed by atoms with Crippen LogP contribution in [0.5, 0.6) is 0 Å². The first kappa shape index (κ1) is 13.9. The molecule has 2 unspecified atom stereocenters. The topological polar surface area (TPSA) is 26.0 Å². The first-order valence-corrected chi connectivity index (χ1v) is 7.06. The maximum atomic E-state index is 6.15. The van der Waals surface area contributed by atoms with E-state index in [1.165, 1.54) is 12.8 Å². The largest absolute Gasteiger partial charge is 0.329 e. The van der Waals surface area contributed by atoms with E-state index in [2.05, 4.69) is 19.9 Å². The van der Waals surface area contributed by atoms with Crippen molar-refractivity contribution in [2.24, 2.45) is 11.7 Å². The van der Waals surface area contributed by atoms with E-state index in [-0.39, 0.29) is 0 Å². The molecule has 0 fully saturated rings. The van der Waals surface area contributed by atoms with Crippen LogP contribution in [0.25, 0.3) is 0 Å². The second kappa shape index (κ2) is 7.21. The van der Waals surface area contributed by atoms with E-state index in [0.29, 0.717) is 17.7 Å². The Morgan fingerprint density at radius 2 is 2.06 bits per heavy atom. The number of nitrogens with two attached hydrogens (primary N) is 1. The lowest BCUT2D eigenvalue weighted by Gasteiger charge is -2.22. The maximum Gasteiger partial charge on any atom is 0.0541 e. The summed E-state index contributed by atoms with van der Waals surface area (Å²) >= 11 is 7.95. The van der Waals surface area contributed by atoms with Crippen LogP contribution < -0.4 is 5.73 Å². The van der Waals surface area contributed by atoms with E-state index in [1.807, 2.05) is 18.2 Å². The van der Waals surface area contributed by atoms with Crippen LogP contribution in [0.3, 0.4) is 0 Å². The van der Waals surface area contributed by atoms with Gasteiger partial charge < -0.3 is 5.73 Å². The standard InChI is InChI=1S/C13H20ClNS/c1-3-6-10(2)13(9-15)16-12-8-5-4-7-11(12)14/h4-5,7-8,10,13H,3,6,9,15H2,1-2H3. The third-order valence-electron chi connectivity index (χ3n) is 2.73. The number of rotatable bonds is 6. The molecule has 0 spiro atoms. The van der Waals surface area contributed by atoms with Gasteiger partial charge in [0.1, 0.15) is 0 Å². The minimum absolute atomic E-state index is 0.458. The lowest BCUT2D eigenvalue weighted by Crippen LogP contribution is -2.24.